The third kappa shape index (κ3) is 2.83. The summed E-state index contributed by atoms with van der Waals surface area (Å²) in [6, 6.07) is 4.91. The van der Waals surface area contributed by atoms with Crippen molar-refractivity contribution in [2.75, 3.05) is 5.32 Å². The van der Waals surface area contributed by atoms with Gasteiger partial charge in [-0.1, -0.05) is 6.07 Å². The number of carbonyl (C=O) groups is 1. The number of nitrogens with two attached hydrogens (primary N) is 1. The molecule has 1 aromatic heterocycles. The quantitative estimate of drug-likeness (QED) is 0.701. The second-order valence-corrected chi connectivity index (χ2v) is 2.94. The van der Waals surface area contributed by atoms with Gasteiger partial charge in [0.25, 0.3) is 0 Å². The summed E-state index contributed by atoms with van der Waals surface area (Å²) in [7, 11) is 0. The Morgan fingerprint density at radius 1 is 1.62 bits per heavy atom. The number of amides is 1. The van der Waals surface area contributed by atoms with E-state index in [4.69, 9.17) is 5.73 Å². The Hall–Kier alpha value is -1.42. The highest BCUT2D eigenvalue weighted by Crippen LogP contribution is 2.03. The lowest BCUT2D eigenvalue weighted by Gasteiger charge is -2.06. The van der Waals surface area contributed by atoms with Gasteiger partial charge in [0, 0.05) is 5.69 Å². The number of pyridine rings is 1. The Kier molecular flexibility index (Phi) is 2.97. The number of carbonyl (C=O) groups excluding carboxylic acids is 1. The van der Waals surface area contributed by atoms with Crippen molar-refractivity contribution < 1.29 is 4.79 Å². The van der Waals surface area contributed by atoms with Crippen LogP contribution in [0, 0.1) is 6.92 Å². The molecule has 1 rings (SSSR count). The van der Waals surface area contributed by atoms with Gasteiger partial charge >= 0.3 is 0 Å². The maximum absolute atomic E-state index is 11.1. The van der Waals surface area contributed by atoms with E-state index in [2.05, 4.69) is 10.3 Å². The first-order valence-electron chi connectivity index (χ1n) is 4.09. The summed E-state index contributed by atoms with van der Waals surface area (Å²) in [4.78, 5) is 15.3. The monoisotopic (exact) mass is 179 g/mol. The molecule has 0 saturated carbocycles. The summed E-state index contributed by atoms with van der Waals surface area (Å²) in [5.74, 6) is 0.320. The highest BCUT2D eigenvalue weighted by Gasteiger charge is 2.07. The molecular weight excluding hydrogens is 166 g/mol. The molecule has 1 unspecified atom stereocenters. The van der Waals surface area contributed by atoms with Crippen molar-refractivity contribution in [2.45, 2.75) is 19.9 Å². The second-order valence-electron chi connectivity index (χ2n) is 2.94. The van der Waals surface area contributed by atoms with Gasteiger partial charge < -0.3 is 11.1 Å². The molecule has 1 heterocycles. The van der Waals surface area contributed by atoms with Crippen LogP contribution in [0.4, 0.5) is 5.82 Å². The zero-order chi connectivity index (χ0) is 9.84. The molecule has 70 valence electrons. The normalized spacial score (nSPS) is 12.2. The molecule has 4 nitrogen and oxygen atoms in total. The molecular formula is C9H13N3O. The number of anilines is 1. The van der Waals surface area contributed by atoms with E-state index in [9.17, 15) is 4.79 Å². The summed E-state index contributed by atoms with van der Waals surface area (Å²) in [5.41, 5.74) is 6.25. The molecule has 0 aromatic carbocycles. The number of rotatable bonds is 2. The van der Waals surface area contributed by atoms with E-state index in [0.717, 1.165) is 5.69 Å². The zero-order valence-corrected chi connectivity index (χ0v) is 7.74. The van der Waals surface area contributed by atoms with Crippen LogP contribution < -0.4 is 11.1 Å². The summed E-state index contributed by atoms with van der Waals surface area (Å²) in [5, 5.41) is 2.61. The van der Waals surface area contributed by atoms with Crippen LogP contribution in [0.1, 0.15) is 12.6 Å². The number of nitrogens with zero attached hydrogens (tertiary/aromatic N) is 1. The van der Waals surface area contributed by atoms with Gasteiger partial charge in [-0.05, 0) is 26.0 Å². The Bertz CT molecular complexity index is 309. The summed E-state index contributed by atoms with van der Waals surface area (Å²) >= 11 is 0. The summed E-state index contributed by atoms with van der Waals surface area (Å²) in [6.07, 6.45) is 0. The van der Waals surface area contributed by atoms with Crippen LogP contribution in [0.3, 0.4) is 0 Å². The largest absolute Gasteiger partial charge is 0.320 e. The molecule has 0 saturated heterocycles. The van der Waals surface area contributed by atoms with E-state index in [-0.39, 0.29) is 5.91 Å². The Morgan fingerprint density at radius 2 is 2.31 bits per heavy atom. The molecule has 4 heteroatoms. The van der Waals surface area contributed by atoms with Gasteiger partial charge in [-0.25, -0.2) is 4.98 Å². The minimum atomic E-state index is -0.512. The number of aromatic nitrogens is 1. The third-order valence-electron chi connectivity index (χ3n) is 1.55. The van der Waals surface area contributed by atoms with Gasteiger partial charge in [0.15, 0.2) is 0 Å². The number of nitrogens with one attached hydrogen (secondary N) is 1. The number of hydrogen-bond acceptors (Lipinski definition) is 3. The Balaban J connectivity index is 2.69. The number of aryl methyl sites for hydroxylation is 1. The van der Waals surface area contributed by atoms with E-state index >= 15 is 0 Å². The molecule has 0 radical (unpaired) electrons. The van der Waals surface area contributed by atoms with E-state index < -0.39 is 6.04 Å². The summed E-state index contributed by atoms with van der Waals surface area (Å²) < 4.78 is 0. The molecule has 0 aliphatic heterocycles. The van der Waals surface area contributed by atoms with Crippen LogP contribution in [0.5, 0.6) is 0 Å². The predicted octanol–water partition coefficient (Wildman–Crippen LogP) is 0.676. The third-order valence-corrected chi connectivity index (χ3v) is 1.55. The summed E-state index contributed by atoms with van der Waals surface area (Å²) in [6.45, 7) is 3.49. The minimum absolute atomic E-state index is 0.224. The molecule has 0 aliphatic rings. The SMILES string of the molecule is Cc1cccc(NC(=O)C(C)N)n1. The lowest BCUT2D eigenvalue weighted by Crippen LogP contribution is -2.32. The molecule has 1 amide bonds. The smallest absolute Gasteiger partial charge is 0.242 e. The average molecular weight is 179 g/mol. The van der Waals surface area contributed by atoms with Crippen molar-refractivity contribution in [3.63, 3.8) is 0 Å². The van der Waals surface area contributed by atoms with Gasteiger partial charge in [-0.2, -0.15) is 0 Å². The van der Waals surface area contributed by atoms with E-state index in [1.807, 2.05) is 19.1 Å². The molecule has 0 spiro atoms. The standard InChI is InChI=1S/C9H13N3O/c1-6-4-3-5-8(11-6)12-9(13)7(2)10/h3-5,7H,10H2,1-2H3,(H,11,12,13). The van der Waals surface area contributed by atoms with Crippen LogP contribution in [0.15, 0.2) is 18.2 Å². The van der Waals surface area contributed by atoms with Crippen LogP contribution in [-0.2, 0) is 4.79 Å². The first kappa shape index (κ1) is 9.67. The van der Waals surface area contributed by atoms with Crippen LogP contribution >= 0.6 is 0 Å². The topological polar surface area (TPSA) is 68.0 Å². The first-order chi connectivity index (χ1) is 6.09. The highest BCUT2D eigenvalue weighted by atomic mass is 16.2. The van der Waals surface area contributed by atoms with Gasteiger partial charge in [-0.15, -0.1) is 0 Å². The molecule has 0 bridgehead atoms. The lowest BCUT2D eigenvalue weighted by molar-refractivity contribution is -0.117. The average Bonchev–Trinajstić information content (AvgIpc) is 2.04. The number of hydrogen-bond donors (Lipinski definition) is 2. The second kappa shape index (κ2) is 4.00. The van der Waals surface area contributed by atoms with Crippen molar-refractivity contribution in [2.24, 2.45) is 5.73 Å². The first-order valence-corrected chi connectivity index (χ1v) is 4.09. The van der Waals surface area contributed by atoms with Gasteiger partial charge in [0.2, 0.25) is 5.91 Å². The molecule has 0 aliphatic carbocycles. The van der Waals surface area contributed by atoms with Gasteiger partial charge in [0.1, 0.15) is 5.82 Å². The van der Waals surface area contributed by atoms with E-state index in [1.54, 1.807) is 13.0 Å². The molecule has 0 fully saturated rings. The fourth-order valence-electron chi connectivity index (χ4n) is 0.853. The lowest BCUT2D eigenvalue weighted by atomic mass is 10.3. The molecule has 1 aromatic rings. The maximum atomic E-state index is 11.1. The molecule has 1 atom stereocenters. The highest BCUT2D eigenvalue weighted by molar-refractivity contribution is 5.93. The zero-order valence-electron chi connectivity index (χ0n) is 7.74. The fraction of sp³-hybridized carbons (Fsp3) is 0.333. The van der Waals surface area contributed by atoms with E-state index in [0.29, 0.717) is 5.82 Å². The van der Waals surface area contributed by atoms with Crippen molar-refractivity contribution in [1.82, 2.24) is 4.98 Å². The van der Waals surface area contributed by atoms with Crippen molar-refractivity contribution in [1.29, 1.82) is 0 Å². The van der Waals surface area contributed by atoms with Crippen molar-refractivity contribution in [3.05, 3.63) is 23.9 Å². The van der Waals surface area contributed by atoms with Crippen molar-refractivity contribution >= 4 is 11.7 Å². The fourth-order valence-corrected chi connectivity index (χ4v) is 0.853. The Labute approximate surface area is 77.2 Å². The van der Waals surface area contributed by atoms with Gasteiger partial charge in [-0.3, -0.25) is 4.79 Å². The van der Waals surface area contributed by atoms with Crippen molar-refractivity contribution in [3.8, 4) is 0 Å². The molecule has 13 heavy (non-hydrogen) atoms. The van der Waals surface area contributed by atoms with Gasteiger partial charge in [0.05, 0.1) is 6.04 Å². The maximum Gasteiger partial charge on any atom is 0.242 e. The Morgan fingerprint density at radius 3 is 2.85 bits per heavy atom. The molecule has 3 N–H and O–H groups in total. The minimum Gasteiger partial charge on any atom is -0.320 e. The predicted molar refractivity (Wildman–Crippen MR) is 51.3 cm³/mol. The van der Waals surface area contributed by atoms with Crippen LogP contribution in [0.2, 0.25) is 0 Å². The van der Waals surface area contributed by atoms with Crippen LogP contribution in [-0.4, -0.2) is 16.9 Å². The van der Waals surface area contributed by atoms with Crippen LogP contribution in [0.25, 0.3) is 0 Å². The van der Waals surface area contributed by atoms with E-state index in [1.165, 1.54) is 0 Å².